The van der Waals surface area contributed by atoms with E-state index in [0.29, 0.717) is 5.84 Å². The van der Waals surface area contributed by atoms with Gasteiger partial charge in [0.1, 0.15) is 10.4 Å². The van der Waals surface area contributed by atoms with Crippen LogP contribution in [-0.4, -0.2) is 16.9 Å². The van der Waals surface area contributed by atoms with Crippen LogP contribution in [0.5, 0.6) is 0 Å². The number of hydrogen-bond acceptors (Lipinski definition) is 4. The van der Waals surface area contributed by atoms with Crippen molar-refractivity contribution in [1.82, 2.24) is 10.2 Å². The maximum absolute atomic E-state index is 5.71. The van der Waals surface area contributed by atoms with Gasteiger partial charge in [0.05, 0.1) is 0 Å². The first kappa shape index (κ1) is 7.67. The average Bonchev–Trinajstić information content (AvgIpc) is 2.33. The van der Waals surface area contributed by atoms with Crippen molar-refractivity contribution in [2.75, 3.05) is 0 Å². The molecule has 0 amide bonds. The van der Waals surface area contributed by atoms with E-state index in [1.165, 1.54) is 0 Å². The molecule has 12 heavy (non-hydrogen) atoms. The molecule has 0 fully saturated rings. The van der Waals surface area contributed by atoms with Crippen molar-refractivity contribution < 1.29 is 0 Å². The van der Waals surface area contributed by atoms with Crippen molar-refractivity contribution in [3.05, 3.63) is 22.7 Å². The first-order valence-electron chi connectivity index (χ1n) is 3.61. The largest absolute Gasteiger partial charge is 0.384 e. The molecule has 0 aliphatic carbocycles. The van der Waals surface area contributed by atoms with E-state index >= 15 is 0 Å². The summed E-state index contributed by atoms with van der Waals surface area (Å²) >= 11 is 3.29. The Hall–Kier alpha value is -0.970. The zero-order valence-electron chi connectivity index (χ0n) is 6.58. The second-order valence-electron chi connectivity index (χ2n) is 2.75. The van der Waals surface area contributed by atoms with E-state index in [1.54, 1.807) is 0 Å². The lowest BCUT2D eigenvalue weighted by Gasteiger charge is -2.27. The standard InChI is InChI=1S/C7H9BrN4/c1-4-2-10-7-6(9)11-5(8)3-12(4)7/h2-3,7,10H,1H3,(H2,9,11). The first-order valence-corrected chi connectivity index (χ1v) is 4.40. The number of halogens is 1. The lowest BCUT2D eigenvalue weighted by Crippen LogP contribution is -2.46. The van der Waals surface area contributed by atoms with Crippen LogP contribution in [0.3, 0.4) is 0 Å². The summed E-state index contributed by atoms with van der Waals surface area (Å²) in [6.07, 6.45) is 3.84. The van der Waals surface area contributed by atoms with Gasteiger partial charge in [-0.1, -0.05) is 0 Å². The molecule has 0 bridgehead atoms. The summed E-state index contributed by atoms with van der Waals surface area (Å²) in [6.45, 7) is 2.02. The Morgan fingerprint density at radius 1 is 1.75 bits per heavy atom. The van der Waals surface area contributed by atoms with E-state index in [2.05, 4.69) is 26.2 Å². The van der Waals surface area contributed by atoms with Crippen molar-refractivity contribution in [3.8, 4) is 0 Å². The van der Waals surface area contributed by atoms with Crippen molar-refractivity contribution in [1.29, 1.82) is 0 Å². The Morgan fingerprint density at radius 3 is 3.25 bits per heavy atom. The number of hydrogen-bond donors (Lipinski definition) is 2. The summed E-state index contributed by atoms with van der Waals surface area (Å²) in [5, 5.41) is 3.12. The Kier molecular flexibility index (Phi) is 1.61. The molecule has 64 valence electrons. The topological polar surface area (TPSA) is 53.6 Å². The molecule has 2 heterocycles. The van der Waals surface area contributed by atoms with Gasteiger partial charge in [0, 0.05) is 18.1 Å². The van der Waals surface area contributed by atoms with Crippen LogP contribution in [0.15, 0.2) is 27.7 Å². The number of amidine groups is 1. The summed E-state index contributed by atoms with van der Waals surface area (Å²) in [5.74, 6) is 0.581. The van der Waals surface area contributed by atoms with Gasteiger partial charge in [0.15, 0.2) is 6.17 Å². The van der Waals surface area contributed by atoms with Crippen molar-refractivity contribution in [3.63, 3.8) is 0 Å². The Balaban J connectivity index is 2.35. The Bertz CT molecular complexity index is 305. The minimum atomic E-state index is 0.00583. The summed E-state index contributed by atoms with van der Waals surface area (Å²) in [5.41, 5.74) is 6.85. The van der Waals surface area contributed by atoms with Crippen LogP contribution in [0.4, 0.5) is 0 Å². The normalized spacial score (nSPS) is 27.0. The lowest BCUT2D eigenvalue weighted by molar-refractivity contribution is 0.417. The van der Waals surface area contributed by atoms with Crippen LogP contribution >= 0.6 is 15.9 Å². The van der Waals surface area contributed by atoms with E-state index in [4.69, 9.17) is 5.73 Å². The van der Waals surface area contributed by atoms with Crippen LogP contribution in [0.2, 0.25) is 0 Å². The minimum Gasteiger partial charge on any atom is -0.384 e. The van der Waals surface area contributed by atoms with E-state index in [0.717, 1.165) is 10.3 Å². The number of nitrogens with two attached hydrogens (primary N) is 1. The predicted molar refractivity (Wildman–Crippen MR) is 51.2 cm³/mol. The molecule has 0 spiro atoms. The number of nitrogens with one attached hydrogen (secondary N) is 1. The molecular formula is C7H9BrN4. The highest BCUT2D eigenvalue weighted by molar-refractivity contribution is 9.11. The molecule has 1 unspecified atom stereocenters. The number of nitrogens with zero attached hydrogens (tertiary/aromatic N) is 2. The molecule has 2 aliphatic heterocycles. The number of aliphatic imine (C=N–C) groups is 1. The Morgan fingerprint density at radius 2 is 2.50 bits per heavy atom. The van der Waals surface area contributed by atoms with Crippen molar-refractivity contribution in [2.24, 2.45) is 10.7 Å². The third-order valence-corrected chi connectivity index (χ3v) is 2.28. The summed E-state index contributed by atoms with van der Waals surface area (Å²) in [7, 11) is 0. The Labute approximate surface area is 79.0 Å². The van der Waals surface area contributed by atoms with Gasteiger partial charge < -0.3 is 16.0 Å². The fourth-order valence-corrected chi connectivity index (χ4v) is 1.72. The van der Waals surface area contributed by atoms with E-state index < -0.39 is 0 Å². The van der Waals surface area contributed by atoms with Gasteiger partial charge in [-0.3, -0.25) is 0 Å². The molecule has 0 radical (unpaired) electrons. The van der Waals surface area contributed by atoms with Crippen molar-refractivity contribution in [2.45, 2.75) is 13.1 Å². The van der Waals surface area contributed by atoms with Gasteiger partial charge in [-0.25, -0.2) is 4.99 Å². The molecule has 0 aromatic rings. The van der Waals surface area contributed by atoms with Gasteiger partial charge in [0.25, 0.3) is 0 Å². The summed E-state index contributed by atoms with van der Waals surface area (Å²) in [6, 6.07) is 0. The summed E-state index contributed by atoms with van der Waals surface area (Å²) in [4.78, 5) is 6.13. The molecule has 2 rings (SSSR count). The van der Waals surface area contributed by atoms with Crippen LogP contribution in [0.25, 0.3) is 0 Å². The number of fused-ring (bicyclic) bond motifs is 1. The van der Waals surface area contributed by atoms with E-state index in [9.17, 15) is 0 Å². The van der Waals surface area contributed by atoms with Gasteiger partial charge in [0.2, 0.25) is 0 Å². The number of rotatable bonds is 0. The van der Waals surface area contributed by atoms with Gasteiger partial charge in [-0.05, 0) is 22.9 Å². The molecule has 0 aromatic heterocycles. The SMILES string of the molecule is CC1=CNC2C(N)=NC(Br)=CN12. The highest BCUT2D eigenvalue weighted by atomic mass is 79.9. The maximum Gasteiger partial charge on any atom is 0.162 e. The first-order chi connectivity index (χ1) is 5.68. The summed E-state index contributed by atoms with van der Waals surface area (Å²) < 4.78 is 0.757. The second kappa shape index (κ2) is 2.52. The van der Waals surface area contributed by atoms with Crippen LogP contribution in [0.1, 0.15) is 6.92 Å². The molecule has 1 atom stereocenters. The average molecular weight is 229 g/mol. The van der Waals surface area contributed by atoms with Gasteiger partial charge in [-0.15, -0.1) is 0 Å². The molecule has 4 nitrogen and oxygen atoms in total. The molecule has 3 N–H and O–H groups in total. The second-order valence-corrected chi connectivity index (χ2v) is 3.56. The molecule has 2 aliphatic rings. The molecular weight excluding hydrogens is 220 g/mol. The minimum absolute atomic E-state index is 0.00583. The zero-order valence-corrected chi connectivity index (χ0v) is 8.17. The quantitative estimate of drug-likeness (QED) is 0.599. The smallest absolute Gasteiger partial charge is 0.162 e. The van der Waals surface area contributed by atoms with E-state index in [1.807, 2.05) is 24.2 Å². The predicted octanol–water partition coefficient (Wildman–Crippen LogP) is 0.644. The van der Waals surface area contributed by atoms with E-state index in [-0.39, 0.29) is 6.17 Å². The van der Waals surface area contributed by atoms with Gasteiger partial charge >= 0.3 is 0 Å². The maximum atomic E-state index is 5.71. The van der Waals surface area contributed by atoms with Crippen molar-refractivity contribution >= 4 is 21.8 Å². The molecule has 5 heteroatoms. The lowest BCUT2D eigenvalue weighted by atomic mass is 10.3. The van der Waals surface area contributed by atoms with Crippen LogP contribution < -0.4 is 11.1 Å². The van der Waals surface area contributed by atoms with Gasteiger partial charge in [-0.2, -0.15) is 0 Å². The highest BCUT2D eigenvalue weighted by Crippen LogP contribution is 2.22. The molecule has 0 saturated carbocycles. The molecule has 0 aromatic carbocycles. The highest BCUT2D eigenvalue weighted by Gasteiger charge is 2.27. The zero-order chi connectivity index (χ0) is 8.72. The monoisotopic (exact) mass is 228 g/mol. The van der Waals surface area contributed by atoms with Crippen LogP contribution in [0, 0.1) is 0 Å². The fourth-order valence-electron chi connectivity index (χ4n) is 1.29. The number of allylic oxidation sites excluding steroid dienone is 1. The van der Waals surface area contributed by atoms with Crippen LogP contribution in [-0.2, 0) is 0 Å². The third kappa shape index (κ3) is 1.01. The fraction of sp³-hybridized carbons (Fsp3) is 0.286. The third-order valence-electron chi connectivity index (χ3n) is 1.90. The molecule has 0 saturated heterocycles.